The Labute approximate surface area is 151 Å². The molecule has 148 valence electrons. The number of halogens is 3. The number of nitrogens with one attached hydrogen (secondary N) is 2. The highest BCUT2D eigenvalue weighted by molar-refractivity contribution is 6.00. The molecule has 0 fully saturated rings. The van der Waals surface area contributed by atoms with Gasteiger partial charge in [0.15, 0.2) is 0 Å². The number of alkyl halides is 3. The van der Waals surface area contributed by atoms with Crippen LogP contribution in [0.5, 0.6) is 0 Å². The molecule has 0 aliphatic carbocycles. The highest BCUT2D eigenvalue weighted by Gasteiger charge is 2.29. The number of hydrogen-bond acceptors (Lipinski definition) is 4. The molecule has 0 radical (unpaired) electrons. The highest BCUT2D eigenvalue weighted by Crippen LogP contribution is 2.22. The summed E-state index contributed by atoms with van der Waals surface area (Å²) in [6.07, 6.45) is -2.58. The maximum atomic E-state index is 12.4. The van der Waals surface area contributed by atoms with Crippen molar-refractivity contribution in [1.82, 2.24) is 15.2 Å². The van der Waals surface area contributed by atoms with Gasteiger partial charge < -0.3 is 15.0 Å². The Hall–Kier alpha value is -2.03. The summed E-state index contributed by atoms with van der Waals surface area (Å²) in [6.45, 7) is 3.08. The zero-order valence-corrected chi connectivity index (χ0v) is 15.5. The van der Waals surface area contributed by atoms with Gasteiger partial charge >= 0.3 is 12.1 Å². The maximum absolute atomic E-state index is 12.4. The van der Waals surface area contributed by atoms with Crippen LogP contribution in [0.25, 0.3) is 0 Å². The molecule has 0 bridgehead atoms. The van der Waals surface area contributed by atoms with E-state index in [1.54, 1.807) is 6.92 Å². The van der Waals surface area contributed by atoms with Gasteiger partial charge in [-0.25, -0.2) is 4.79 Å². The number of rotatable bonds is 9. The Morgan fingerprint density at radius 2 is 1.96 bits per heavy atom. The van der Waals surface area contributed by atoms with Gasteiger partial charge in [-0.3, -0.25) is 9.69 Å². The predicted octanol–water partition coefficient (Wildman–Crippen LogP) is 2.68. The first-order valence-electron chi connectivity index (χ1n) is 8.44. The number of aromatic amines is 1. The molecular weight excluding hydrogens is 351 g/mol. The van der Waals surface area contributed by atoms with Crippen LogP contribution in [0, 0.1) is 6.92 Å². The molecule has 1 aromatic heterocycles. The summed E-state index contributed by atoms with van der Waals surface area (Å²) in [5.74, 6) is -0.889. The lowest BCUT2D eigenvalue weighted by molar-refractivity contribution is -0.143. The van der Waals surface area contributed by atoms with Crippen LogP contribution < -0.4 is 5.32 Å². The lowest BCUT2D eigenvalue weighted by atomic mass is 10.0. The molecule has 0 saturated carbocycles. The molecule has 1 rings (SSSR count). The average Bonchev–Trinajstić information content (AvgIpc) is 2.86. The third-order valence-electron chi connectivity index (χ3n) is 3.86. The number of hydrogen-bond donors (Lipinski definition) is 2. The van der Waals surface area contributed by atoms with Crippen molar-refractivity contribution >= 4 is 11.9 Å². The van der Waals surface area contributed by atoms with E-state index in [9.17, 15) is 22.8 Å². The number of aromatic nitrogens is 1. The fourth-order valence-corrected chi connectivity index (χ4v) is 2.77. The standard InChI is InChI=1S/C17H26F3N3O3/c1-5-7-12-13(16(25)26-4)11(2)22-14(12)15(24)21-8-6-9-23(3)10-17(18,19)20/h22H,5-10H2,1-4H3,(H,21,24). The Morgan fingerprint density at radius 3 is 2.50 bits per heavy atom. The number of amides is 1. The summed E-state index contributed by atoms with van der Waals surface area (Å²) in [6, 6.07) is 0. The summed E-state index contributed by atoms with van der Waals surface area (Å²) in [4.78, 5) is 28.4. The smallest absolute Gasteiger partial charge is 0.401 e. The maximum Gasteiger partial charge on any atom is 0.401 e. The van der Waals surface area contributed by atoms with Crippen LogP contribution in [0.1, 0.15) is 51.9 Å². The minimum atomic E-state index is -4.24. The zero-order valence-electron chi connectivity index (χ0n) is 15.5. The SMILES string of the molecule is CCCc1c(C(=O)NCCCN(C)CC(F)(F)F)[nH]c(C)c1C(=O)OC. The van der Waals surface area contributed by atoms with Crippen molar-refractivity contribution in [3.05, 3.63) is 22.5 Å². The molecule has 0 spiro atoms. The molecule has 0 aliphatic rings. The number of carbonyl (C=O) groups excluding carboxylic acids is 2. The van der Waals surface area contributed by atoms with E-state index in [1.165, 1.54) is 14.2 Å². The highest BCUT2D eigenvalue weighted by atomic mass is 19.4. The van der Waals surface area contributed by atoms with E-state index in [4.69, 9.17) is 4.74 Å². The fraction of sp³-hybridized carbons (Fsp3) is 0.647. The molecular formula is C17H26F3N3O3. The van der Waals surface area contributed by atoms with E-state index in [0.29, 0.717) is 35.4 Å². The number of ether oxygens (including phenoxy) is 1. The van der Waals surface area contributed by atoms with Gasteiger partial charge in [-0.05, 0) is 38.9 Å². The van der Waals surface area contributed by atoms with Gasteiger partial charge in [0.2, 0.25) is 0 Å². The van der Waals surface area contributed by atoms with Gasteiger partial charge in [-0.2, -0.15) is 13.2 Å². The number of methoxy groups -OCH3 is 1. The van der Waals surface area contributed by atoms with Gasteiger partial charge in [-0.15, -0.1) is 0 Å². The molecule has 2 N–H and O–H groups in total. The number of aryl methyl sites for hydroxylation is 1. The van der Waals surface area contributed by atoms with E-state index >= 15 is 0 Å². The van der Waals surface area contributed by atoms with Crippen molar-refractivity contribution in [2.24, 2.45) is 0 Å². The van der Waals surface area contributed by atoms with Gasteiger partial charge in [0.1, 0.15) is 5.69 Å². The molecule has 9 heteroatoms. The molecule has 1 amide bonds. The van der Waals surface area contributed by atoms with Gasteiger partial charge in [0, 0.05) is 12.2 Å². The molecule has 26 heavy (non-hydrogen) atoms. The topological polar surface area (TPSA) is 74.4 Å². The molecule has 0 aromatic carbocycles. The quantitative estimate of drug-likeness (QED) is 0.513. The first-order chi connectivity index (χ1) is 12.1. The molecule has 0 aliphatic heterocycles. The summed E-state index contributed by atoms with van der Waals surface area (Å²) in [5.41, 5.74) is 1.82. The first-order valence-corrected chi connectivity index (χ1v) is 8.44. The molecule has 1 aromatic rings. The zero-order chi connectivity index (χ0) is 19.9. The predicted molar refractivity (Wildman–Crippen MR) is 91.4 cm³/mol. The van der Waals surface area contributed by atoms with Crippen molar-refractivity contribution in [2.75, 3.05) is 33.8 Å². The van der Waals surface area contributed by atoms with E-state index < -0.39 is 18.7 Å². The number of esters is 1. The molecule has 0 atom stereocenters. The third-order valence-corrected chi connectivity index (χ3v) is 3.86. The van der Waals surface area contributed by atoms with Gasteiger partial charge in [0.25, 0.3) is 5.91 Å². The second-order valence-electron chi connectivity index (χ2n) is 6.18. The summed E-state index contributed by atoms with van der Waals surface area (Å²) >= 11 is 0. The van der Waals surface area contributed by atoms with Crippen LogP contribution in [0.3, 0.4) is 0 Å². The Kier molecular flexibility index (Phi) is 8.13. The number of nitrogens with zero attached hydrogens (tertiary/aromatic N) is 1. The average molecular weight is 377 g/mol. The van der Waals surface area contributed by atoms with Crippen molar-refractivity contribution in [1.29, 1.82) is 0 Å². The van der Waals surface area contributed by atoms with Crippen LogP contribution in [0.4, 0.5) is 13.2 Å². The van der Waals surface area contributed by atoms with Crippen molar-refractivity contribution in [3.63, 3.8) is 0 Å². The summed E-state index contributed by atoms with van der Waals surface area (Å²) in [7, 11) is 2.66. The van der Waals surface area contributed by atoms with Crippen LogP contribution in [-0.4, -0.2) is 61.7 Å². The van der Waals surface area contributed by atoms with E-state index in [0.717, 1.165) is 11.3 Å². The van der Waals surface area contributed by atoms with Crippen LogP contribution in [0.2, 0.25) is 0 Å². The largest absolute Gasteiger partial charge is 0.465 e. The molecule has 0 saturated heterocycles. The Balaban J connectivity index is 2.69. The van der Waals surface area contributed by atoms with Crippen LogP contribution in [0.15, 0.2) is 0 Å². The second kappa shape index (κ2) is 9.61. The third kappa shape index (κ3) is 6.36. The lowest BCUT2D eigenvalue weighted by Gasteiger charge is -2.18. The van der Waals surface area contributed by atoms with Crippen molar-refractivity contribution < 1.29 is 27.5 Å². The monoisotopic (exact) mass is 377 g/mol. The fourth-order valence-electron chi connectivity index (χ4n) is 2.77. The first kappa shape index (κ1) is 22.0. The molecule has 1 heterocycles. The minimum Gasteiger partial charge on any atom is -0.465 e. The van der Waals surface area contributed by atoms with E-state index in [2.05, 4.69) is 10.3 Å². The van der Waals surface area contributed by atoms with Crippen LogP contribution in [-0.2, 0) is 11.2 Å². The lowest BCUT2D eigenvalue weighted by Crippen LogP contribution is -2.34. The van der Waals surface area contributed by atoms with Gasteiger partial charge in [-0.1, -0.05) is 13.3 Å². The summed E-state index contributed by atoms with van der Waals surface area (Å²) < 4.78 is 41.6. The van der Waals surface area contributed by atoms with Crippen molar-refractivity contribution in [3.8, 4) is 0 Å². The number of carbonyl (C=O) groups is 2. The minimum absolute atomic E-state index is 0.207. The second-order valence-corrected chi connectivity index (χ2v) is 6.18. The molecule has 6 nitrogen and oxygen atoms in total. The number of H-pyrrole nitrogens is 1. The molecule has 0 unspecified atom stereocenters. The van der Waals surface area contributed by atoms with Crippen molar-refractivity contribution in [2.45, 2.75) is 39.3 Å². The normalized spacial score (nSPS) is 11.7. The van der Waals surface area contributed by atoms with Gasteiger partial charge in [0.05, 0.1) is 19.2 Å². The Morgan fingerprint density at radius 1 is 1.31 bits per heavy atom. The summed E-state index contributed by atoms with van der Waals surface area (Å²) in [5, 5.41) is 2.68. The van der Waals surface area contributed by atoms with E-state index in [-0.39, 0.29) is 19.0 Å². The Bertz CT molecular complexity index is 627. The van der Waals surface area contributed by atoms with Crippen LogP contribution >= 0.6 is 0 Å². The van der Waals surface area contributed by atoms with E-state index in [1.807, 2.05) is 6.92 Å².